The Kier molecular flexibility index (Phi) is 3.64. The van der Waals surface area contributed by atoms with Crippen molar-refractivity contribution in [1.82, 2.24) is 5.32 Å². The average molecular weight is 234 g/mol. The molecule has 0 saturated heterocycles. The Morgan fingerprint density at radius 1 is 1.59 bits per heavy atom. The summed E-state index contributed by atoms with van der Waals surface area (Å²) >= 11 is 0. The van der Waals surface area contributed by atoms with Gasteiger partial charge in [0.1, 0.15) is 5.75 Å². The number of nitrogens with two attached hydrogens (primary N) is 1. The van der Waals surface area contributed by atoms with E-state index in [1.165, 1.54) is 11.1 Å². The third-order valence-electron chi connectivity index (χ3n) is 3.19. The second kappa shape index (κ2) is 5.19. The summed E-state index contributed by atoms with van der Waals surface area (Å²) in [4.78, 5) is 10.8. The highest BCUT2D eigenvalue weighted by Gasteiger charge is 2.20. The number of benzene rings is 1. The Labute approximate surface area is 101 Å². The van der Waals surface area contributed by atoms with Crippen molar-refractivity contribution in [3.8, 4) is 5.75 Å². The molecule has 17 heavy (non-hydrogen) atoms. The first-order chi connectivity index (χ1) is 8.20. The summed E-state index contributed by atoms with van der Waals surface area (Å²) in [6.45, 7) is 0.224. The molecule has 1 atom stereocenters. The van der Waals surface area contributed by atoms with Crippen LogP contribution in [0.15, 0.2) is 18.2 Å². The van der Waals surface area contributed by atoms with E-state index in [1.807, 2.05) is 12.1 Å². The number of aryl methyl sites for hydroxylation is 1. The number of carbonyl (C=O) groups is 1. The van der Waals surface area contributed by atoms with Crippen molar-refractivity contribution < 1.29 is 9.53 Å². The van der Waals surface area contributed by atoms with E-state index in [-0.39, 0.29) is 18.5 Å². The summed E-state index contributed by atoms with van der Waals surface area (Å²) in [5.41, 5.74) is 7.73. The molecule has 2 rings (SSSR count). The quantitative estimate of drug-likeness (QED) is 0.821. The zero-order valence-corrected chi connectivity index (χ0v) is 10.0. The van der Waals surface area contributed by atoms with E-state index in [0.29, 0.717) is 0 Å². The predicted octanol–water partition coefficient (Wildman–Crippen LogP) is 1.15. The number of rotatable bonds is 4. The first-order valence-electron chi connectivity index (χ1n) is 5.89. The molecular formula is C13H18N2O2. The molecule has 3 N–H and O–H groups in total. The summed E-state index contributed by atoms with van der Waals surface area (Å²) < 4.78 is 5.23. The number of fused-ring (bicyclic) bond motifs is 1. The maximum atomic E-state index is 10.8. The van der Waals surface area contributed by atoms with E-state index in [9.17, 15) is 4.79 Å². The third-order valence-corrected chi connectivity index (χ3v) is 3.19. The van der Waals surface area contributed by atoms with E-state index in [4.69, 9.17) is 10.5 Å². The van der Waals surface area contributed by atoms with Crippen LogP contribution >= 0.6 is 0 Å². The van der Waals surface area contributed by atoms with Crippen molar-refractivity contribution in [3.63, 3.8) is 0 Å². The molecule has 0 fully saturated rings. The van der Waals surface area contributed by atoms with Gasteiger partial charge in [-0.3, -0.25) is 4.79 Å². The van der Waals surface area contributed by atoms with Gasteiger partial charge in [-0.05, 0) is 42.5 Å². The molecule has 4 heteroatoms. The maximum absolute atomic E-state index is 10.8. The number of amides is 1. The fraction of sp³-hybridized carbons (Fsp3) is 0.462. The van der Waals surface area contributed by atoms with E-state index in [0.717, 1.165) is 25.0 Å². The van der Waals surface area contributed by atoms with Crippen LogP contribution in [0.5, 0.6) is 5.75 Å². The summed E-state index contributed by atoms with van der Waals surface area (Å²) in [7, 11) is 1.66. The van der Waals surface area contributed by atoms with Gasteiger partial charge in [0.25, 0.3) is 0 Å². The molecule has 1 aliphatic rings. The number of hydrogen-bond acceptors (Lipinski definition) is 3. The van der Waals surface area contributed by atoms with Crippen LogP contribution < -0.4 is 15.8 Å². The predicted molar refractivity (Wildman–Crippen MR) is 65.9 cm³/mol. The first-order valence-corrected chi connectivity index (χ1v) is 5.89. The maximum Gasteiger partial charge on any atom is 0.231 e. The number of hydrogen-bond donors (Lipinski definition) is 2. The van der Waals surface area contributed by atoms with E-state index in [1.54, 1.807) is 7.11 Å². The number of ether oxygens (including phenoxy) is 1. The lowest BCUT2D eigenvalue weighted by molar-refractivity contribution is -0.117. The molecule has 0 saturated carbocycles. The van der Waals surface area contributed by atoms with Gasteiger partial charge in [0, 0.05) is 6.04 Å². The number of nitrogens with one attached hydrogen (secondary N) is 1. The van der Waals surface area contributed by atoms with Gasteiger partial charge in [-0.1, -0.05) is 6.07 Å². The smallest absolute Gasteiger partial charge is 0.231 e. The van der Waals surface area contributed by atoms with Crippen LogP contribution in [0.3, 0.4) is 0 Å². The van der Waals surface area contributed by atoms with Gasteiger partial charge in [0.2, 0.25) is 5.91 Å². The van der Waals surface area contributed by atoms with Gasteiger partial charge in [-0.15, -0.1) is 0 Å². The van der Waals surface area contributed by atoms with Gasteiger partial charge in [-0.25, -0.2) is 0 Å². The lowest BCUT2D eigenvalue weighted by Crippen LogP contribution is -2.33. The van der Waals surface area contributed by atoms with Crippen molar-refractivity contribution in [3.05, 3.63) is 29.3 Å². The number of methoxy groups -OCH3 is 1. The van der Waals surface area contributed by atoms with Crippen molar-refractivity contribution >= 4 is 5.91 Å². The molecule has 0 heterocycles. The Morgan fingerprint density at radius 2 is 2.41 bits per heavy atom. The summed E-state index contributed by atoms with van der Waals surface area (Å²) in [5.74, 6) is 0.538. The third kappa shape index (κ3) is 2.77. The van der Waals surface area contributed by atoms with Gasteiger partial charge in [0.15, 0.2) is 0 Å². The molecule has 1 unspecified atom stereocenters. The highest BCUT2D eigenvalue weighted by molar-refractivity contribution is 5.75. The van der Waals surface area contributed by atoms with Crippen LogP contribution in [0.2, 0.25) is 0 Å². The molecule has 0 spiro atoms. The average Bonchev–Trinajstić information content (AvgIpc) is 2.35. The fourth-order valence-electron chi connectivity index (χ4n) is 2.34. The van der Waals surface area contributed by atoms with Crippen LogP contribution in [0.4, 0.5) is 0 Å². The molecule has 1 aliphatic carbocycles. The molecule has 0 aliphatic heterocycles. The van der Waals surface area contributed by atoms with Gasteiger partial charge in [-0.2, -0.15) is 0 Å². The summed E-state index contributed by atoms with van der Waals surface area (Å²) in [5, 5.41) is 3.20. The highest BCUT2D eigenvalue weighted by atomic mass is 16.5. The van der Waals surface area contributed by atoms with E-state index < -0.39 is 0 Å². The fourth-order valence-corrected chi connectivity index (χ4v) is 2.34. The number of carbonyl (C=O) groups excluding carboxylic acids is 1. The molecule has 0 radical (unpaired) electrons. The normalized spacial score (nSPS) is 18.5. The Balaban J connectivity index is 2.19. The van der Waals surface area contributed by atoms with Gasteiger partial charge >= 0.3 is 0 Å². The van der Waals surface area contributed by atoms with Crippen molar-refractivity contribution in [1.29, 1.82) is 0 Å². The second-order valence-corrected chi connectivity index (χ2v) is 4.36. The topological polar surface area (TPSA) is 64.3 Å². The molecular weight excluding hydrogens is 216 g/mol. The minimum Gasteiger partial charge on any atom is -0.497 e. The molecule has 4 nitrogen and oxygen atoms in total. The standard InChI is InChI=1S/C13H18N2O2/c1-17-10-6-5-9-3-2-4-12(11(9)7-10)15-8-13(14)16/h5-7,12,15H,2-4,8H2,1H3,(H2,14,16). The molecule has 1 aromatic rings. The lowest BCUT2D eigenvalue weighted by atomic mass is 9.87. The minimum atomic E-state index is -0.319. The first kappa shape index (κ1) is 11.9. The highest BCUT2D eigenvalue weighted by Crippen LogP contribution is 2.32. The second-order valence-electron chi connectivity index (χ2n) is 4.36. The molecule has 92 valence electrons. The zero-order valence-electron chi connectivity index (χ0n) is 10.0. The number of primary amides is 1. The van der Waals surface area contributed by atoms with Crippen LogP contribution in [0.1, 0.15) is 30.0 Å². The Bertz CT molecular complexity index is 418. The van der Waals surface area contributed by atoms with Crippen LogP contribution in [0.25, 0.3) is 0 Å². The van der Waals surface area contributed by atoms with Crippen LogP contribution in [-0.4, -0.2) is 19.6 Å². The molecule has 0 bridgehead atoms. The Morgan fingerprint density at radius 3 is 3.12 bits per heavy atom. The van der Waals surface area contributed by atoms with E-state index in [2.05, 4.69) is 11.4 Å². The van der Waals surface area contributed by atoms with Crippen LogP contribution in [-0.2, 0) is 11.2 Å². The van der Waals surface area contributed by atoms with Gasteiger partial charge in [0.05, 0.1) is 13.7 Å². The molecule has 1 aromatic carbocycles. The summed E-state index contributed by atoms with van der Waals surface area (Å²) in [6.07, 6.45) is 3.26. The zero-order chi connectivity index (χ0) is 12.3. The summed E-state index contributed by atoms with van der Waals surface area (Å²) in [6, 6.07) is 6.34. The lowest BCUT2D eigenvalue weighted by Gasteiger charge is -2.26. The van der Waals surface area contributed by atoms with Crippen molar-refractivity contribution in [2.45, 2.75) is 25.3 Å². The van der Waals surface area contributed by atoms with Crippen molar-refractivity contribution in [2.24, 2.45) is 5.73 Å². The monoisotopic (exact) mass is 234 g/mol. The SMILES string of the molecule is COc1ccc2c(c1)C(NCC(N)=O)CCC2. The molecule has 1 amide bonds. The van der Waals surface area contributed by atoms with Crippen molar-refractivity contribution in [2.75, 3.05) is 13.7 Å². The van der Waals surface area contributed by atoms with Crippen LogP contribution in [0, 0.1) is 0 Å². The molecule has 0 aromatic heterocycles. The van der Waals surface area contributed by atoms with E-state index >= 15 is 0 Å². The largest absolute Gasteiger partial charge is 0.497 e. The van der Waals surface area contributed by atoms with Gasteiger partial charge < -0.3 is 15.8 Å². The Hall–Kier alpha value is -1.55. The minimum absolute atomic E-state index is 0.210.